The molecule has 7 nitrogen and oxygen atoms in total. The van der Waals surface area contributed by atoms with Gasteiger partial charge in [0.15, 0.2) is 5.65 Å². The van der Waals surface area contributed by atoms with Crippen molar-refractivity contribution in [1.82, 2.24) is 24.9 Å². The van der Waals surface area contributed by atoms with Gasteiger partial charge in [0, 0.05) is 28.2 Å². The number of aromatic amines is 2. The molecule has 0 amide bonds. The summed E-state index contributed by atoms with van der Waals surface area (Å²) < 4.78 is 0. The summed E-state index contributed by atoms with van der Waals surface area (Å²) in [6.07, 6.45) is 4.03. The van der Waals surface area contributed by atoms with Crippen molar-refractivity contribution in [2.75, 3.05) is 18.0 Å². The summed E-state index contributed by atoms with van der Waals surface area (Å²) in [4.78, 5) is 21.5. The lowest BCUT2D eigenvalue weighted by Gasteiger charge is -2.20. The standard InChI is InChI=1S/C17H17Cl2N7.2ClH/c18-10-4-13(19)12-6-11(23-14(12)5-10)8-26(3-1-2-20)17-24-15-7-21-9-22-16(15)25-17;;/h4-7,9,23H,1-3,8,20H2,(H,21,22,24,25);2*1H. The topological polar surface area (TPSA) is 99.5 Å². The Hall–Kier alpha value is -1.77. The van der Waals surface area contributed by atoms with Crippen LogP contribution < -0.4 is 10.6 Å². The number of hydrogen-bond acceptors (Lipinski definition) is 5. The minimum Gasteiger partial charge on any atom is -0.357 e. The summed E-state index contributed by atoms with van der Waals surface area (Å²) in [5, 5.41) is 2.18. The predicted molar refractivity (Wildman–Crippen MR) is 119 cm³/mol. The second-order valence-electron chi connectivity index (χ2n) is 6.02. The lowest BCUT2D eigenvalue weighted by Crippen LogP contribution is -2.26. The Balaban J connectivity index is 0.00000140. The van der Waals surface area contributed by atoms with Crippen LogP contribution in [-0.2, 0) is 6.54 Å². The third-order valence-electron chi connectivity index (χ3n) is 4.15. The largest absolute Gasteiger partial charge is 0.357 e. The van der Waals surface area contributed by atoms with Crippen molar-refractivity contribution in [3.8, 4) is 0 Å². The van der Waals surface area contributed by atoms with E-state index in [1.54, 1.807) is 12.3 Å². The van der Waals surface area contributed by atoms with Gasteiger partial charge in [0.1, 0.15) is 11.8 Å². The molecule has 150 valence electrons. The number of imidazole rings is 1. The summed E-state index contributed by atoms with van der Waals surface area (Å²) >= 11 is 12.4. The van der Waals surface area contributed by atoms with Gasteiger partial charge in [0.05, 0.1) is 17.8 Å². The highest BCUT2D eigenvalue weighted by atomic mass is 35.5. The van der Waals surface area contributed by atoms with Crippen LogP contribution in [0.1, 0.15) is 12.1 Å². The third kappa shape index (κ3) is 4.61. The number of hydrogen-bond donors (Lipinski definition) is 3. The summed E-state index contributed by atoms with van der Waals surface area (Å²) in [6.45, 7) is 1.98. The van der Waals surface area contributed by atoms with E-state index in [0.29, 0.717) is 28.8 Å². The molecule has 0 unspecified atom stereocenters. The molecule has 11 heteroatoms. The fourth-order valence-corrected chi connectivity index (χ4v) is 3.50. The van der Waals surface area contributed by atoms with E-state index >= 15 is 0 Å². The molecule has 4 N–H and O–H groups in total. The van der Waals surface area contributed by atoms with Crippen molar-refractivity contribution in [3.63, 3.8) is 0 Å². The lowest BCUT2D eigenvalue weighted by atomic mass is 10.2. The number of nitrogens with two attached hydrogens (primary N) is 1. The first kappa shape index (κ1) is 22.5. The molecule has 4 aromatic rings. The van der Waals surface area contributed by atoms with E-state index in [9.17, 15) is 0 Å². The van der Waals surface area contributed by atoms with Crippen molar-refractivity contribution in [2.45, 2.75) is 13.0 Å². The molecule has 1 aromatic carbocycles. The molecule has 0 bridgehead atoms. The molecular weight excluding hydrogens is 444 g/mol. The van der Waals surface area contributed by atoms with E-state index in [-0.39, 0.29) is 24.8 Å². The summed E-state index contributed by atoms with van der Waals surface area (Å²) in [5.41, 5.74) is 9.05. The van der Waals surface area contributed by atoms with Gasteiger partial charge in [-0.25, -0.2) is 15.0 Å². The van der Waals surface area contributed by atoms with E-state index in [1.807, 2.05) is 12.1 Å². The van der Waals surface area contributed by atoms with E-state index < -0.39 is 0 Å². The quantitative estimate of drug-likeness (QED) is 0.395. The van der Waals surface area contributed by atoms with E-state index in [1.165, 1.54) is 6.33 Å². The Bertz CT molecular complexity index is 1030. The number of nitrogens with one attached hydrogen (secondary N) is 2. The first-order valence-electron chi connectivity index (χ1n) is 8.21. The van der Waals surface area contributed by atoms with Crippen molar-refractivity contribution in [3.05, 3.63) is 46.5 Å². The highest BCUT2D eigenvalue weighted by molar-refractivity contribution is 6.38. The van der Waals surface area contributed by atoms with Gasteiger partial charge < -0.3 is 20.6 Å². The molecule has 0 atom stereocenters. The highest BCUT2D eigenvalue weighted by Crippen LogP contribution is 2.29. The Morgan fingerprint density at radius 1 is 1.11 bits per heavy atom. The van der Waals surface area contributed by atoms with Crippen LogP contribution in [0, 0.1) is 0 Å². The molecule has 0 fully saturated rings. The number of benzene rings is 1. The Morgan fingerprint density at radius 3 is 2.68 bits per heavy atom. The number of halogens is 4. The Labute approximate surface area is 183 Å². The first-order chi connectivity index (χ1) is 12.6. The highest BCUT2D eigenvalue weighted by Gasteiger charge is 2.15. The fraction of sp³-hybridized carbons (Fsp3) is 0.235. The number of fused-ring (bicyclic) bond motifs is 2. The molecular formula is C17H19Cl4N7. The van der Waals surface area contributed by atoms with Crippen LogP contribution in [0.5, 0.6) is 0 Å². The number of anilines is 1. The second-order valence-corrected chi connectivity index (χ2v) is 6.87. The average molecular weight is 463 g/mol. The molecule has 3 heterocycles. The maximum atomic E-state index is 6.30. The average Bonchev–Trinajstić information content (AvgIpc) is 3.22. The number of rotatable bonds is 6. The summed E-state index contributed by atoms with van der Waals surface area (Å²) in [5.74, 6) is 0.733. The molecule has 0 saturated carbocycles. The predicted octanol–water partition coefficient (Wildman–Crippen LogP) is 4.34. The molecule has 4 rings (SSSR count). The van der Waals surface area contributed by atoms with Gasteiger partial charge in [0.2, 0.25) is 5.95 Å². The van der Waals surface area contributed by atoms with Gasteiger partial charge in [0.25, 0.3) is 0 Å². The molecule has 0 spiro atoms. The second kappa shape index (κ2) is 9.62. The van der Waals surface area contributed by atoms with Gasteiger partial charge in [-0.05, 0) is 31.2 Å². The van der Waals surface area contributed by atoms with Gasteiger partial charge >= 0.3 is 0 Å². The molecule has 0 saturated heterocycles. The smallest absolute Gasteiger partial charge is 0.205 e. The zero-order chi connectivity index (χ0) is 18.1. The van der Waals surface area contributed by atoms with Crippen molar-refractivity contribution in [2.24, 2.45) is 5.73 Å². The van der Waals surface area contributed by atoms with Crippen molar-refractivity contribution < 1.29 is 0 Å². The summed E-state index contributed by atoms with van der Waals surface area (Å²) in [7, 11) is 0. The SMILES string of the molecule is Cl.Cl.NCCCN(Cc1cc2c(Cl)cc(Cl)cc2[nH]1)c1nc2cncnc2[nH]1. The lowest BCUT2D eigenvalue weighted by molar-refractivity contribution is 0.713. The van der Waals surface area contributed by atoms with Gasteiger partial charge in [-0.2, -0.15) is 0 Å². The number of nitrogens with zero attached hydrogens (tertiary/aromatic N) is 4. The van der Waals surface area contributed by atoms with Crippen LogP contribution in [0.3, 0.4) is 0 Å². The maximum Gasteiger partial charge on any atom is 0.205 e. The van der Waals surface area contributed by atoms with E-state index in [2.05, 4.69) is 29.8 Å². The molecule has 0 aliphatic carbocycles. The normalized spacial score (nSPS) is 10.7. The third-order valence-corrected chi connectivity index (χ3v) is 4.68. The first-order valence-corrected chi connectivity index (χ1v) is 8.97. The van der Waals surface area contributed by atoms with E-state index in [0.717, 1.165) is 41.0 Å². The van der Waals surface area contributed by atoms with Crippen LogP contribution in [-0.4, -0.2) is 38.0 Å². The van der Waals surface area contributed by atoms with Gasteiger partial charge in [-0.3, -0.25) is 0 Å². The van der Waals surface area contributed by atoms with Gasteiger partial charge in [-0.1, -0.05) is 23.2 Å². The molecule has 3 aromatic heterocycles. The van der Waals surface area contributed by atoms with E-state index in [4.69, 9.17) is 28.9 Å². The minimum absolute atomic E-state index is 0. The fourth-order valence-electron chi connectivity index (χ4n) is 2.95. The number of H-pyrrole nitrogens is 2. The maximum absolute atomic E-state index is 6.30. The molecule has 0 aliphatic heterocycles. The molecule has 28 heavy (non-hydrogen) atoms. The minimum atomic E-state index is 0. The zero-order valence-electron chi connectivity index (χ0n) is 14.7. The number of aromatic nitrogens is 5. The Morgan fingerprint density at radius 2 is 1.93 bits per heavy atom. The van der Waals surface area contributed by atoms with Crippen LogP contribution >= 0.6 is 48.0 Å². The van der Waals surface area contributed by atoms with Crippen molar-refractivity contribution in [1.29, 1.82) is 0 Å². The Kier molecular flexibility index (Phi) is 7.74. The zero-order valence-corrected chi connectivity index (χ0v) is 17.8. The van der Waals surface area contributed by atoms with Crippen LogP contribution in [0.25, 0.3) is 22.1 Å². The van der Waals surface area contributed by atoms with Crippen LogP contribution in [0.15, 0.2) is 30.7 Å². The van der Waals surface area contributed by atoms with Crippen LogP contribution in [0.4, 0.5) is 5.95 Å². The molecule has 0 aliphatic rings. The summed E-state index contributed by atoms with van der Waals surface area (Å²) in [6, 6.07) is 5.65. The molecule has 0 radical (unpaired) electrons. The van der Waals surface area contributed by atoms with Crippen LogP contribution in [0.2, 0.25) is 10.0 Å². The van der Waals surface area contributed by atoms with Gasteiger partial charge in [-0.15, -0.1) is 24.8 Å². The van der Waals surface area contributed by atoms with Crippen molar-refractivity contribution >= 4 is 76.0 Å². The monoisotopic (exact) mass is 461 g/mol.